The lowest BCUT2D eigenvalue weighted by Gasteiger charge is -2.04. The Morgan fingerprint density at radius 1 is 1.36 bits per heavy atom. The third-order valence-electron chi connectivity index (χ3n) is 1.48. The largest absolute Gasteiger partial charge is 0.364 e. The first-order valence-electron chi connectivity index (χ1n) is 3.39. The summed E-state index contributed by atoms with van der Waals surface area (Å²) in [6.07, 6.45) is -1.40. The summed E-state index contributed by atoms with van der Waals surface area (Å²) in [6.45, 7) is 0.417. The van der Waals surface area contributed by atoms with E-state index in [2.05, 4.69) is 0 Å². The molecule has 0 bridgehead atoms. The summed E-state index contributed by atoms with van der Waals surface area (Å²) in [4.78, 5) is 0. The molecule has 1 rings (SSSR count). The van der Waals surface area contributed by atoms with E-state index in [1.165, 1.54) is 0 Å². The molecule has 0 spiro atoms. The summed E-state index contributed by atoms with van der Waals surface area (Å²) in [5, 5.41) is 17.5. The highest BCUT2D eigenvalue weighted by molar-refractivity contribution is 5.23. The van der Waals surface area contributed by atoms with Gasteiger partial charge in [0.05, 0.1) is 0 Å². The quantitative estimate of drug-likeness (QED) is 0.529. The number of hydrogen-bond acceptors (Lipinski definition) is 3. The van der Waals surface area contributed by atoms with Gasteiger partial charge in [-0.3, -0.25) is 0 Å². The van der Waals surface area contributed by atoms with Crippen molar-refractivity contribution in [3.05, 3.63) is 35.4 Å². The fourth-order valence-electron chi connectivity index (χ4n) is 0.881. The summed E-state index contributed by atoms with van der Waals surface area (Å²) < 4.78 is 0. The summed E-state index contributed by atoms with van der Waals surface area (Å²) in [7, 11) is 0. The molecule has 0 saturated carbocycles. The van der Waals surface area contributed by atoms with Crippen LogP contribution >= 0.6 is 0 Å². The molecule has 60 valence electrons. The summed E-state index contributed by atoms with van der Waals surface area (Å²) in [6, 6.07) is 6.90. The fourth-order valence-corrected chi connectivity index (χ4v) is 0.881. The molecule has 1 aromatic rings. The van der Waals surface area contributed by atoms with E-state index in [0.717, 1.165) is 5.56 Å². The second-order valence-corrected chi connectivity index (χ2v) is 2.32. The minimum absolute atomic E-state index is 0.417. The van der Waals surface area contributed by atoms with Gasteiger partial charge in [0.15, 0.2) is 6.29 Å². The first kappa shape index (κ1) is 8.20. The smallest absolute Gasteiger partial charge is 0.178 e. The van der Waals surface area contributed by atoms with E-state index >= 15 is 0 Å². The van der Waals surface area contributed by atoms with Gasteiger partial charge in [-0.15, -0.1) is 0 Å². The van der Waals surface area contributed by atoms with Gasteiger partial charge in [-0.25, -0.2) is 0 Å². The van der Waals surface area contributed by atoms with Crippen LogP contribution in [0.3, 0.4) is 0 Å². The Morgan fingerprint density at radius 3 is 2.64 bits per heavy atom. The Bertz CT molecular complexity index is 235. The molecule has 1 aromatic carbocycles. The molecule has 11 heavy (non-hydrogen) atoms. The van der Waals surface area contributed by atoms with E-state index in [1.54, 1.807) is 18.2 Å². The van der Waals surface area contributed by atoms with E-state index in [-0.39, 0.29) is 0 Å². The molecule has 0 aliphatic heterocycles. The highest BCUT2D eigenvalue weighted by atomic mass is 16.5. The van der Waals surface area contributed by atoms with Crippen LogP contribution in [0.2, 0.25) is 0 Å². The predicted molar refractivity (Wildman–Crippen MR) is 41.5 cm³/mol. The maximum atomic E-state index is 8.76. The second-order valence-electron chi connectivity index (χ2n) is 2.32. The van der Waals surface area contributed by atoms with Gasteiger partial charge in [0.1, 0.15) is 0 Å². The molecule has 0 fully saturated rings. The summed E-state index contributed by atoms with van der Waals surface area (Å²) in [5.41, 5.74) is 6.73. The van der Waals surface area contributed by atoms with Gasteiger partial charge in [0, 0.05) is 12.1 Å². The van der Waals surface area contributed by atoms with Gasteiger partial charge in [0.2, 0.25) is 0 Å². The van der Waals surface area contributed by atoms with Crippen molar-refractivity contribution in [2.45, 2.75) is 12.8 Å². The molecule has 0 amide bonds. The second kappa shape index (κ2) is 3.48. The maximum Gasteiger partial charge on any atom is 0.178 e. The molecule has 0 radical (unpaired) electrons. The summed E-state index contributed by atoms with van der Waals surface area (Å²) >= 11 is 0. The Morgan fingerprint density at radius 2 is 2.09 bits per heavy atom. The topological polar surface area (TPSA) is 66.5 Å². The number of nitrogens with two attached hydrogens (primary N) is 1. The third kappa shape index (κ3) is 2.01. The first-order valence-corrected chi connectivity index (χ1v) is 3.39. The zero-order valence-corrected chi connectivity index (χ0v) is 6.07. The van der Waals surface area contributed by atoms with Crippen molar-refractivity contribution in [3.63, 3.8) is 0 Å². The number of aliphatic hydroxyl groups is 2. The van der Waals surface area contributed by atoms with Crippen molar-refractivity contribution < 1.29 is 10.2 Å². The van der Waals surface area contributed by atoms with Gasteiger partial charge in [0.25, 0.3) is 0 Å². The van der Waals surface area contributed by atoms with Gasteiger partial charge < -0.3 is 15.9 Å². The van der Waals surface area contributed by atoms with Crippen molar-refractivity contribution in [1.29, 1.82) is 0 Å². The average molecular weight is 153 g/mol. The molecule has 0 aliphatic rings. The van der Waals surface area contributed by atoms with E-state index in [1.807, 2.05) is 6.07 Å². The van der Waals surface area contributed by atoms with Crippen molar-refractivity contribution in [1.82, 2.24) is 0 Å². The van der Waals surface area contributed by atoms with Crippen LogP contribution in [-0.2, 0) is 6.54 Å². The van der Waals surface area contributed by atoms with E-state index < -0.39 is 6.29 Å². The van der Waals surface area contributed by atoms with Gasteiger partial charge in [-0.2, -0.15) is 0 Å². The van der Waals surface area contributed by atoms with Gasteiger partial charge >= 0.3 is 0 Å². The standard InChI is InChI=1S/C8H11NO2/c9-5-6-2-1-3-7(4-6)8(10)11/h1-4,8,10-11H,5,9H2. The molecule has 0 saturated heterocycles. The van der Waals surface area contributed by atoms with Crippen LogP contribution in [0.1, 0.15) is 17.4 Å². The predicted octanol–water partition coefficient (Wildman–Crippen LogP) is 0.129. The van der Waals surface area contributed by atoms with Crippen LogP contribution in [0.15, 0.2) is 24.3 Å². The summed E-state index contributed by atoms with van der Waals surface area (Å²) in [5.74, 6) is 0. The van der Waals surface area contributed by atoms with E-state index in [4.69, 9.17) is 15.9 Å². The molecule has 0 aliphatic carbocycles. The lowest BCUT2D eigenvalue weighted by molar-refractivity contribution is -0.0425. The molecule has 0 heterocycles. The molecule has 0 unspecified atom stereocenters. The van der Waals surface area contributed by atoms with Crippen LogP contribution in [0.4, 0.5) is 0 Å². The Hall–Kier alpha value is -0.900. The van der Waals surface area contributed by atoms with Crippen LogP contribution < -0.4 is 5.73 Å². The van der Waals surface area contributed by atoms with E-state index in [9.17, 15) is 0 Å². The lowest BCUT2D eigenvalue weighted by atomic mass is 10.1. The third-order valence-corrected chi connectivity index (χ3v) is 1.48. The van der Waals surface area contributed by atoms with Crippen LogP contribution in [0, 0.1) is 0 Å². The SMILES string of the molecule is NCc1cccc(C(O)O)c1. The average Bonchev–Trinajstić information content (AvgIpc) is 2.05. The lowest BCUT2D eigenvalue weighted by Crippen LogP contribution is -1.99. The molecular formula is C8H11NO2. The van der Waals surface area contributed by atoms with Gasteiger partial charge in [-0.05, 0) is 11.6 Å². The van der Waals surface area contributed by atoms with E-state index in [0.29, 0.717) is 12.1 Å². The molecule has 4 N–H and O–H groups in total. The monoisotopic (exact) mass is 153 g/mol. The minimum Gasteiger partial charge on any atom is -0.364 e. The van der Waals surface area contributed by atoms with Crippen molar-refractivity contribution in [2.24, 2.45) is 5.73 Å². The minimum atomic E-state index is -1.40. The zero-order valence-electron chi connectivity index (χ0n) is 6.07. The van der Waals surface area contributed by atoms with Crippen molar-refractivity contribution >= 4 is 0 Å². The molecule has 0 atom stereocenters. The Kier molecular flexibility index (Phi) is 2.59. The highest BCUT2D eigenvalue weighted by Gasteiger charge is 2.00. The Balaban J connectivity index is 2.91. The molecule has 0 aromatic heterocycles. The maximum absolute atomic E-state index is 8.76. The fraction of sp³-hybridized carbons (Fsp3) is 0.250. The first-order chi connectivity index (χ1) is 5.24. The number of benzene rings is 1. The van der Waals surface area contributed by atoms with Crippen molar-refractivity contribution in [2.75, 3.05) is 0 Å². The van der Waals surface area contributed by atoms with Crippen LogP contribution in [0.25, 0.3) is 0 Å². The molecule has 3 heteroatoms. The number of hydrogen-bond donors (Lipinski definition) is 3. The Labute approximate surface area is 65.1 Å². The molecular weight excluding hydrogens is 142 g/mol. The van der Waals surface area contributed by atoms with Gasteiger partial charge in [-0.1, -0.05) is 18.2 Å². The van der Waals surface area contributed by atoms with Crippen LogP contribution in [-0.4, -0.2) is 10.2 Å². The van der Waals surface area contributed by atoms with Crippen molar-refractivity contribution in [3.8, 4) is 0 Å². The number of aliphatic hydroxyl groups excluding tert-OH is 1. The molecule has 3 nitrogen and oxygen atoms in total. The number of rotatable bonds is 2. The zero-order chi connectivity index (χ0) is 8.27. The highest BCUT2D eigenvalue weighted by Crippen LogP contribution is 2.10. The normalized spacial score (nSPS) is 10.5. The van der Waals surface area contributed by atoms with Crippen LogP contribution in [0.5, 0.6) is 0 Å².